The number of benzene rings is 1. The average molecular weight is 1200 g/mol. The summed E-state index contributed by atoms with van der Waals surface area (Å²) < 4.78 is 13.9. The van der Waals surface area contributed by atoms with E-state index in [9.17, 15) is 14.4 Å². The number of fused-ring (bicyclic) bond motifs is 3. The van der Waals surface area contributed by atoms with Gasteiger partial charge in [-0.1, -0.05) is 34.1 Å². The Morgan fingerprint density at radius 3 is 1.87 bits per heavy atom. The van der Waals surface area contributed by atoms with Crippen LogP contribution in [0.2, 0.25) is 0 Å². The Hall–Kier alpha value is -6.07. The molecule has 8 rings (SSSR count). The monoisotopic (exact) mass is 1200 g/mol. The van der Waals surface area contributed by atoms with Gasteiger partial charge in [0.25, 0.3) is 5.95 Å². The summed E-state index contributed by atoms with van der Waals surface area (Å²) in [5.74, 6) is 2.66. The molecule has 5 amide bonds. The van der Waals surface area contributed by atoms with Crippen molar-refractivity contribution in [3.8, 4) is 0 Å². The number of amides is 5. The van der Waals surface area contributed by atoms with Crippen molar-refractivity contribution in [2.24, 2.45) is 7.05 Å². The summed E-state index contributed by atoms with van der Waals surface area (Å²) in [7, 11) is 12.2. The third-order valence-corrected chi connectivity index (χ3v) is 11.9. The van der Waals surface area contributed by atoms with E-state index in [2.05, 4.69) is 138 Å². The fourth-order valence-corrected chi connectivity index (χ4v) is 7.82. The first-order chi connectivity index (χ1) is 32.9. The molecule has 0 saturated heterocycles. The number of urea groups is 2. The molecule has 0 radical (unpaired) electrons. The number of nitrogens with one attached hydrogen (secondary N) is 3. The van der Waals surface area contributed by atoms with Gasteiger partial charge in [0.1, 0.15) is 23.3 Å². The van der Waals surface area contributed by atoms with E-state index in [1.807, 2.05) is 50.5 Å². The molecule has 6 aromatic rings. The van der Waals surface area contributed by atoms with Crippen LogP contribution in [0, 0.1) is 0 Å². The molecule has 2 aliphatic heterocycles. The zero-order valence-electron chi connectivity index (χ0n) is 39.2. The van der Waals surface area contributed by atoms with E-state index >= 15 is 0 Å². The Morgan fingerprint density at radius 2 is 1.33 bits per heavy atom. The number of carbonyl (C=O) groups excluding carboxylic acids is 3. The Morgan fingerprint density at radius 1 is 0.812 bits per heavy atom. The minimum atomic E-state index is -0.168. The SMILES string of the molecule is C=C(OC)OC.CN(Cc1cc2ccccc2n1C)C(=O)/C=C/c1cnc2c(c1)CN(C)C(=O)N2.CN1Cc2cc(Br)cnc2NC1=O.CNCc1cc(Br)cnc1N.Nc1ncc(Br)cc1CBr. The van der Waals surface area contributed by atoms with E-state index in [0.717, 1.165) is 64.3 Å². The number of hydrogen-bond donors (Lipinski definition) is 5. The molecular formula is C47H55Br4N13O5. The number of pyridine rings is 4. The Balaban J connectivity index is 0.000000214. The summed E-state index contributed by atoms with van der Waals surface area (Å²) in [5.41, 5.74) is 18.2. The highest BCUT2D eigenvalue weighted by atomic mass is 79.9. The Labute approximate surface area is 435 Å². The number of nitrogens with two attached hydrogens (primary N) is 2. The first-order valence-electron chi connectivity index (χ1n) is 20.8. The van der Waals surface area contributed by atoms with Crippen LogP contribution in [0.3, 0.4) is 0 Å². The number of carbonyl (C=O) groups is 3. The van der Waals surface area contributed by atoms with Gasteiger partial charge in [-0.3, -0.25) is 15.4 Å². The first-order valence-corrected chi connectivity index (χ1v) is 24.3. The van der Waals surface area contributed by atoms with E-state index < -0.39 is 0 Å². The van der Waals surface area contributed by atoms with Crippen LogP contribution < -0.4 is 27.4 Å². The lowest BCUT2D eigenvalue weighted by Gasteiger charge is -2.25. The fraction of sp³-hybridized carbons (Fsp3) is 0.255. The van der Waals surface area contributed by atoms with Gasteiger partial charge in [-0.15, -0.1) is 0 Å². The third kappa shape index (κ3) is 16.8. The fourth-order valence-electron chi connectivity index (χ4n) is 6.23. The predicted octanol–water partition coefficient (Wildman–Crippen LogP) is 9.26. The number of nitrogens with zero attached hydrogens (tertiary/aromatic N) is 8. The van der Waals surface area contributed by atoms with Gasteiger partial charge in [0.2, 0.25) is 5.91 Å². The molecule has 1 aromatic carbocycles. The van der Waals surface area contributed by atoms with Crippen LogP contribution in [0.4, 0.5) is 32.9 Å². The summed E-state index contributed by atoms with van der Waals surface area (Å²) in [6, 6.07) is 17.8. The summed E-state index contributed by atoms with van der Waals surface area (Å²) in [6.45, 7) is 5.71. The van der Waals surface area contributed by atoms with Gasteiger partial charge < -0.3 is 45.5 Å². The molecule has 0 bridgehead atoms. The number of ether oxygens (including phenoxy) is 2. The van der Waals surface area contributed by atoms with Crippen molar-refractivity contribution < 1.29 is 23.9 Å². The smallest absolute Gasteiger partial charge is 0.323 e. The van der Waals surface area contributed by atoms with Crippen LogP contribution in [-0.4, -0.2) is 99.6 Å². The van der Waals surface area contributed by atoms with Crippen molar-refractivity contribution >= 4 is 122 Å². The maximum atomic E-state index is 12.6. The summed E-state index contributed by atoms with van der Waals surface area (Å²) in [5, 5.41) is 10.3. The maximum absolute atomic E-state index is 12.6. The Kier molecular flexibility index (Phi) is 21.9. The molecule has 22 heteroatoms. The third-order valence-electron chi connectivity index (χ3n) is 10.0. The summed E-state index contributed by atoms with van der Waals surface area (Å²) >= 11 is 13.3. The van der Waals surface area contributed by atoms with Gasteiger partial charge in [-0.2, -0.15) is 0 Å². The molecule has 0 aliphatic carbocycles. The highest BCUT2D eigenvalue weighted by molar-refractivity contribution is 9.11. The lowest BCUT2D eigenvalue weighted by Crippen LogP contribution is -2.35. The molecular weight excluding hydrogens is 1150 g/mol. The second-order valence-corrected chi connectivity index (χ2v) is 18.4. The van der Waals surface area contributed by atoms with Crippen LogP contribution >= 0.6 is 63.7 Å². The van der Waals surface area contributed by atoms with Gasteiger partial charge in [0.05, 0.1) is 33.9 Å². The normalized spacial score (nSPS) is 12.2. The van der Waals surface area contributed by atoms with Gasteiger partial charge >= 0.3 is 12.1 Å². The Bertz CT molecular complexity index is 2770. The van der Waals surface area contributed by atoms with Crippen LogP contribution in [0.5, 0.6) is 0 Å². The second kappa shape index (κ2) is 27.2. The highest BCUT2D eigenvalue weighted by Crippen LogP contribution is 2.25. The van der Waals surface area contributed by atoms with Crippen molar-refractivity contribution in [1.29, 1.82) is 0 Å². The number of likely N-dealkylation sites (N-methyl/N-ethyl adjacent to an activating group) is 1. The van der Waals surface area contributed by atoms with Crippen molar-refractivity contribution in [3.05, 3.63) is 145 Å². The number of aryl methyl sites for hydroxylation is 1. The minimum absolute atomic E-state index is 0.0848. The number of aromatic nitrogens is 5. The molecule has 7 N–H and O–H groups in total. The largest absolute Gasteiger partial charge is 0.469 e. The maximum Gasteiger partial charge on any atom is 0.323 e. The number of methoxy groups -OCH3 is 2. The van der Waals surface area contributed by atoms with E-state index in [0.29, 0.717) is 48.9 Å². The first kappa shape index (κ1) is 55.5. The predicted molar refractivity (Wildman–Crippen MR) is 287 cm³/mol. The molecule has 0 spiro atoms. The number of hydrogen-bond acceptors (Lipinski definition) is 12. The number of nitrogen functional groups attached to an aromatic ring is 2. The quantitative estimate of drug-likeness (QED) is 0.0519. The molecule has 69 heavy (non-hydrogen) atoms. The zero-order chi connectivity index (χ0) is 50.8. The number of para-hydroxylation sites is 1. The van der Waals surface area contributed by atoms with E-state index in [-0.39, 0.29) is 18.0 Å². The lowest BCUT2D eigenvalue weighted by atomic mass is 10.1. The topological polar surface area (TPSA) is 224 Å². The number of alkyl halides is 1. The van der Waals surface area contributed by atoms with Gasteiger partial charge in [0.15, 0.2) is 0 Å². The van der Waals surface area contributed by atoms with Crippen molar-refractivity contribution in [2.45, 2.75) is 31.5 Å². The van der Waals surface area contributed by atoms with Gasteiger partial charge in [0, 0.05) is 118 Å². The van der Waals surface area contributed by atoms with Crippen molar-refractivity contribution in [2.75, 3.05) is 64.5 Å². The standard InChI is InChI=1S/C22H23N5O2.C8H8BrN3O.C7H10BrN3.C6H6Br2N2.C4H8O2/c1-25(14-18-11-16-6-4-5-7-19(16)27(18)3)20(28)9-8-15-10-17-13-26(2)22(29)24-21(17)23-12-15;1-12-4-5-2-6(9)3-10-7(5)11-8(12)13;1-10-3-5-2-6(8)4-11-7(5)9;7-2-4-1-5(8)3-10-6(4)9;1-4(5-2)6-3/h4-12H,13-14H2,1-3H3,(H,23,24,29);2-3H,4H2,1H3,(H,10,11,13);2,4,10H,3H2,1H3,(H2,9,11);1,3H,2H2,(H2,9,10);1H2,2-3H3/b9-8+;;;;. The number of rotatable bonds is 9. The molecule has 0 unspecified atom stereocenters. The van der Waals surface area contributed by atoms with Gasteiger partial charge in [-0.05, 0) is 115 Å². The molecule has 5 aromatic heterocycles. The van der Waals surface area contributed by atoms with Gasteiger partial charge in [-0.25, -0.2) is 29.5 Å². The second-order valence-electron chi connectivity index (χ2n) is 15.1. The molecule has 0 saturated carbocycles. The molecule has 0 fully saturated rings. The molecule has 2 aliphatic rings. The molecule has 366 valence electrons. The van der Waals surface area contributed by atoms with E-state index in [1.54, 1.807) is 72.8 Å². The number of anilines is 4. The number of halogens is 4. The summed E-state index contributed by atoms with van der Waals surface area (Å²) in [4.78, 5) is 56.7. The van der Waals surface area contributed by atoms with Crippen LogP contribution in [0.25, 0.3) is 17.0 Å². The lowest BCUT2D eigenvalue weighted by molar-refractivity contribution is -0.125. The average Bonchev–Trinajstić information content (AvgIpc) is 3.65. The van der Waals surface area contributed by atoms with Crippen molar-refractivity contribution in [3.63, 3.8) is 0 Å². The van der Waals surface area contributed by atoms with E-state index in [4.69, 9.17) is 11.5 Å². The molecule has 0 atom stereocenters. The zero-order valence-corrected chi connectivity index (χ0v) is 45.5. The van der Waals surface area contributed by atoms with Crippen LogP contribution in [-0.2, 0) is 52.8 Å². The minimum Gasteiger partial charge on any atom is -0.469 e. The van der Waals surface area contributed by atoms with Crippen LogP contribution in [0.15, 0.2) is 111 Å². The van der Waals surface area contributed by atoms with Crippen LogP contribution in [0.1, 0.15) is 33.5 Å². The highest BCUT2D eigenvalue weighted by Gasteiger charge is 2.21. The summed E-state index contributed by atoms with van der Waals surface area (Å²) in [6.07, 6.45) is 10.00. The molecule has 18 nitrogen and oxygen atoms in total. The van der Waals surface area contributed by atoms with Crippen molar-refractivity contribution in [1.82, 2.24) is 44.5 Å². The van der Waals surface area contributed by atoms with E-state index in [1.165, 1.54) is 19.6 Å². The molecule has 7 heterocycles.